The first-order valence-corrected chi connectivity index (χ1v) is 6.00. The smallest absolute Gasteiger partial charge is 0.137 e. The van der Waals surface area contributed by atoms with Gasteiger partial charge in [-0.05, 0) is 12.1 Å². The number of fused-ring (bicyclic) bond motifs is 1. The van der Waals surface area contributed by atoms with E-state index in [4.69, 9.17) is 5.73 Å². The summed E-state index contributed by atoms with van der Waals surface area (Å²) in [7, 11) is 0. The number of aromatic nitrogens is 2. The Balaban J connectivity index is 1.94. The van der Waals surface area contributed by atoms with Gasteiger partial charge < -0.3 is 20.4 Å². The lowest BCUT2D eigenvalue weighted by Crippen LogP contribution is -2.43. The first kappa shape index (κ1) is 10.6. The molecule has 1 saturated heterocycles. The standard InChI is InChI=1S/C12H17N5/c13-7-10-8-17-9-11(1-2-12(17)15-10)16-5-3-14-4-6-16/h1-2,8-9,14H,3-7,13H2. The maximum absolute atomic E-state index is 5.60. The molecule has 0 aromatic carbocycles. The number of hydrogen-bond acceptors (Lipinski definition) is 4. The van der Waals surface area contributed by atoms with Crippen LogP contribution < -0.4 is 16.0 Å². The number of piperazine rings is 1. The number of anilines is 1. The van der Waals surface area contributed by atoms with Gasteiger partial charge in [-0.1, -0.05) is 0 Å². The maximum Gasteiger partial charge on any atom is 0.137 e. The molecule has 1 aliphatic rings. The summed E-state index contributed by atoms with van der Waals surface area (Å²) < 4.78 is 2.06. The second kappa shape index (κ2) is 4.35. The van der Waals surface area contributed by atoms with Gasteiger partial charge in [0.05, 0.1) is 11.4 Å². The maximum atomic E-state index is 5.60. The molecule has 5 nitrogen and oxygen atoms in total. The molecule has 0 atom stereocenters. The molecule has 0 saturated carbocycles. The predicted molar refractivity (Wildman–Crippen MR) is 68.2 cm³/mol. The average Bonchev–Trinajstić information content (AvgIpc) is 2.81. The van der Waals surface area contributed by atoms with Gasteiger partial charge in [-0.3, -0.25) is 0 Å². The number of hydrogen-bond donors (Lipinski definition) is 2. The Morgan fingerprint density at radius 2 is 2.06 bits per heavy atom. The van der Waals surface area contributed by atoms with E-state index in [1.165, 1.54) is 5.69 Å². The molecule has 5 heteroatoms. The van der Waals surface area contributed by atoms with Crippen LogP contribution in [0.4, 0.5) is 5.69 Å². The van der Waals surface area contributed by atoms with Gasteiger partial charge in [-0.25, -0.2) is 4.98 Å². The first-order valence-electron chi connectivity index (χ1n) is 6.00. The Morgan fingerprint density at radius 1 is 1.24 bits per heavy atom. The van der Waals surface area contributed by atoms with E-state index in [2.05, 4.69) is 37.9 Å². The normalized spacial score (nSPS) is 16.6. The van der Waals surface area contributed by atoms with Crippen LogP contribution in [0.3, 0.4) is 0 Å². The molecule has 90 valence electrons. The van der Waals surface area contributed by atoms with Gasteiger partial charge in [0.25, 0.3) is 0 Å². The van der Waals surface area contributed by atoms with Gasteiger partial charge >= 0.3 is 0 Å². The summed E-state index contributed by atoms with van der Waals surface area (Å²) in [5.74, 6) is 0. The van der Waals surface area contributed by atoms with Crippen molar-refractivity contribution in [2.24, 2.45) is 5.73 Å². The summed E-state index contributed by atoms with van der Waals surface area (Å²) in [5, 5.41) is 3.36. The van der Waals surface area contributed by atoms with Crippen molar-refractivity contribution in [3.05, 3.63) is 30.2 Å². The van der Waals surface area contributed by atoms with Gasteiger partial charge in [0.15, 0.2) is 0 Å². The molecule has 1 fully saturated rings. The summed E-state index contributed by atoms with van der Waals surface area (Å²) in [5.41, 5.74) is 8.75. The van der Waals surface area contributed by atoms with Crippen LogP contribution in [-0.4, -0.2) is 35.6 Å². The summed E-state index contributed by atoms with van der Waals surface area (Å²) in [6.07, 6.45) is 4.13. The molecule has 3 heterocycles. The Kier molecular flexibility index (Phi) is 2.70. The minimum absolute atomic E-state index is 0.491. The quantitative estimate of drug-likeness (QED) is 0.775. The van der Waals surface area contributed by atoms with E-state index in [0.717, 1.165) is 37.5 Å². The van der Waals surface area contributed by atoms with Crippen molar-refractivity contribution in [3.8, 4) is 0 Å². The zero-order chi connectivity index (χ0) is 11.7. The predicted octanol–water partition coefficient (Wildman–Crippen LogP) is 0.203. The molecule has 0 unspecified atom stereocenters. The van der Waals surface area contributed by atoms with Crippen LogP contribution in [0.15, 0.2) is 24.5 Å². The Morgan fingerprint density at radius 3 is 2.82 bits per heavy atom. The second-order valence-electron chi connectivity index (χ2n) is 4.33. The van der Waals surface area contributed by atoms with Crippen LogP contribution in [0.2, 0.25) is 0 Å². The molecule has 2 aromatic rings. The molecule has 0 amide bonds. The van der Waals surface area contributed by atoms with Crippen molar-refractivity contribution < 1.29 is 0 Å². The second-order valence-corrected chi connectivity index (χ2v) is 4.33. The van der Waals surface area contributed by atoms with E-state index in [-0.39, 0.29) is 0 Å². The van der Waals surface area contributed by atoms with E-state index in [9.17, 15) is 0 Å². The number of nitrogens with zero attached hydrogens (tertiary/aromatic N) is 3. The third-order valence-corrected chi connectivity index (χ3v) is 3.18. The molecular weight excluding hydrogens is 214 g/mol. The summed E-state index contributed by atoms with van der Waals surface area (Å²) in [6, 6.07) is 4.18. The number of pyridine rings is 1. The van der Waals surface area contributed by atoms with Crippen molar-refractivity contribution in [1.82, 2.24) is 14.7 Å². The molecular formula is C12H17N5. The van der Waals surface area contributed by atoms with Gasteiger partial charge in [0.1, 0.15) is 5.65 Å². The Bertz CT molecular complexity index is 513. The molecule has 0 radical (unpaired) electrons. The monoisotopic (exact) mass is 231 g/mol. The number of rotatable bonds is 2. The van der Waals surface area contributed by atoms with Crippen LogP contribution >= 0.6 is 0 Å². The SMILES string of the molecule is NCc1cn2cc(N3CCNCC3)ccc2n1. The third kappa shape index (κ3) is 1.99. The van der Waals surface area contributed by atoms with E-state index in [1.54, 1.807) is 0 Å². The van der Waals surface area contributed by atoms with Crippen LogP contribution in [0.25, 0.3) is 5.65 Å². The lowest BCUT2D eigenvalue weighted by atomic mass is 10.3. The fourth-order valence-electron chi connectivity index (χ4n) is 2.24. The topological polar surface area (TPSA) is 58.6 Å². The van der Waals surface area contributed by atoms with E-state index in [0.29, 0.717) is 6.54 Å². The largest absolute Gasteiger partial charge is 0.368 e. The fourth-order valence-corrected chi connectivity index (χ4v) is 2.24. The first-order chi connectivity index (χ1) is 8.36. The van der Waals surface area contributed by atoms with Gasteiger partial charge in [-0.2, -0.15) is 0 Å². The number of nitrogens with two attached hydrogens (primary N) is 1. The Hall–Kier alpha value is -1.59. The molecule has 0 aliphatic carbocycles. The molecule has 17 heavy (non-hydrogen) atoms. The molecule has 3 rings (SSSR count). The van der Waals surface area contributed by atoms with Crippen LogP contribution in [0.1, 0.15) is 5.69 Å². The van der Waals surface area contributed by atoms with Gasteiger partial charge in [0, 0.05) is 45.1 Å². The fraction of sp³-hybridized carbons (Fsp3) is 0.417. The van der Waals surface area contributed by atoms with E-state index >= 15 is 0 Å². The summed E-state index contributed by atoms with van der Waals surface area (Å²) in [6.45, 7) is 4.71. The third-order valence-electron chi connectivity index (χ3n) is 3.18. The molecule has 1 aliphatic heterocycles. The van der Waals surface area contributed by atoms with Crippen molar-refractivity contribution in [2.75, 3.05) is 31.1 Å². The lowest BCUT2D eigenvalue weighted by molar-refractivity contribution is 0.588. The molecule has 0 bridgehead atoms. The van der Waals surface area contributed by atoms with Crippen LogP contribution in [0.5, 0.6) is 0 Å². The zero-order valence-corrected chi connectivity index (χ0v) is 9.76. The van der Waals surface area contributed by atoms with Crippen LogP contribution in [0, 0.1) is 0 Å². The molecule has 2 aromatic heterocycles. The van der Waals surface area contributed by atoms with Crippen molar-refractivity contribution >= 4 is 11.3 Å². The minimum Gasteiger partial charge on any atom is -0.368 e. The number of imidazole rings is 1. The number of nitrogens with one attached hydrogen (secondary N) is 1. The average molecular weight is 231 g/mol. The van der Waals surface area contributed by atoms with E-state index < -0.39 is 0 Å². The van der Waals surface area contributed by atoms with Crippen molar-refractivity contribution in [1.29, 1.82) is 0 Å². The lowest BCUT2D eigenvalue weighted by Gasteiger charge is -2.29. The van der Waals surface area contributed by atoms with E-state index in [1.807, 2.05) is 6.20 Å². The van der Waals surface area contributed by atoms with Crippen molar-refractivity contribution in [2.45, 2.75) is 6.54 Å². The van der Waals surface area contributed by atoms with Crippen molar-refractivity contribution in [3.63, 3.8) is 0 Å². The summed E-state index contributed by atoms with van der Waals surface area (Å²) >= 11 is 0. The van der Waals surface area contributed by atoms with Gasteiger partial charge in [-0.15, -0.1) is 0 Å². The molecule has 3 N–H and O–H groups in total. The minimum atomic E-state index is 0.491. The van der Waals surface area contributed by atoms with Crippen LogP contribution in [-0.2, 0) is 6.54 Å². The van der Waals surface area contributed by atoms with Gasteiger partial charge in [0.2, 0.25) is 0 Å². The highest BCUT2D eigenvalue weighted by Crippen LogP contribution is 2.16. The molecule has 0 spiro atoms. The Labute approximate surface area is 100 Å². The zero-order valence-electron chi connectivity index (χ0n) is 9.76. The summed E-state index contributed by atoms with van der Waals surface area (Å²) in [4.78, 5) is 6.81. The highest BCUT2D eigenvalue weighted by atomic mass is 15.2. The highest BCUT2D eigenvalue weighted by Gasteiger charge is 2.11. The highest BCUT2D eigenvalue weighted by molar-refractivity contribution is 5.52.